The van der Waals surface area contributed by atoms with Crippen LogP contribution < -0.4 is 5.32 Å². The standard InChI is InChI=1S/C22H26N2O3S/c25-21(26)16-28-15-18-7-4-8-20(13-18)23-22(27)19-9-11-24(12-10-19)14-17-5-2-1-3-6-17/h1-8,13,19H,9-12,14-16H2,(H,23,27)(H,25,26). The van der Waals surface area contributed by atoms with Gasteiger partial charge in [0.1, 0.15) is 0 Å². The zero-order valence-corrected chi connectivity index (χ0v) is 16.7. The summed E-state index contributed by atoms with van der Waals surface area (Å²) in [5, 5.41) is 11.8. The van der Waals surface area contributed by atoms with E-state index in [2.05, 4.69) is 34.5 Å². The second-order valence-electron chi connectivity index (χ2n) is 7.11. The number of nitrogens with one attached hydrogen (secondary N) is 1. The van der Waals surface area contributed by atoms with Crippen molar-refractivity contribution >= 4 is 29.3 Å². The second kappa shape index (κ2) is 10.3. The lowest BCUT2D eigenvalue weighted by molar-refractivity contribution is -0.133. The van der Waals surface area contributed by atoms with Gasteiger partial charge in [0, 0.05) is 23.9 Å². The van der Waals surface area contributed by atoms with Crippen molar-refractivity contribution in [1.82, 2.24) is 4.90 Å². The third-order valence-corrected chi connectivity index (χ3v) is 5.88. The number of likely N-dealkylation sites (tertiary alicyclic amines) is 1. The van der Waals surface area contributed by atoms with Gasteiger partial charge >= 0.3 is 5.97 Å². The number of carbonyl (C=O) groups excluding carboxylic acids is 1. The van der Waals surface area contributed by atoms with Gasteiger partial charge < -0.3 is 10.4 Å². The average Bonchev–Trinajstić information content (AvgIpc) is 2.69. The minimum Gasteiger partial charge on any atom is -0.481 e. The first-order chi connectivity index (χ1) is 13.6. The highest BCUT2D eigenvalue weighted by Gasteiger charge is 2.25. The van der Waals surface area contributed by atoms with Crippen LogP contribution in [0.1, 0.15) is 24.0 Å². The highest BCUT2D eigenvalue weighted by molar-refractivity contribution is 7.99. The number of hydrogen-bond acceptors (Lipinski definition) is 4. The molecule has 1 aliphatic heterocycles. The molecule has 0 unspecified atom stereocenters. The van der Waals surface area contributed by atoms with Gasteiger partial charge in [-0.3, -0.25) is 14.5 Å². The molecule has 0 aliphatic carbocycles. The number of aliphatic carboxylic acids is 1. The third-order valence-electron chi connectivity index (χ3n) is 4.90. The van der Waals surface area contributed by atoms with Crippen LogP contribution in [0.2, 0.25) is 0 Å². The van der Waals surface area contributed by atoms with E-state index in [1.807, 2.05) is 30.3 Å². The number of nitrogens with zero attached hydrogens (tertiary/aromatic N) is 1. The number of hydrogen-bond donors (Lipinski definition) is 2. The Balaban J connectivity index is 1.46. The maximum Gasteiger partial charge on any atom is 0.313 e. The average molecular weight is 399 g/mol. The first-order valence-corrected chi connectivity index (χ1v) is 10.7. The molecule has 0 bridgehead atoms. The Kier molecular flexibility index (Phi) is 7.51. The van der Waals surface area contributed by atoms with Gasteiger partial charge in [0.2, 0.25) is 5.91 Å². The van der Waals surface area contributed by atoms with Gasteiger partial charge in [0.05, 0.1) is 5.75 Å². The molecule has 28 heavy (non-hydrogen) atoms. The molecule has 1 aliphatic rings. The Morgan fingerprint density at radius 3 is 2.46 bits per heavy atom. The van der Waals surface area contributed by atoms with Gasteiger partial charge in [0.25, 0.3) is 0 Å². The number of carboxylic acid groups (broad SMARTS) is 1. The summed E-state index contributed by atoms with van der Waals surface area (Å²) in [6.07, 6.45) is 1.74. The highest BCUT2D eigenvalue weighted by Crippen LogP contribution is 2.22. The summed E-state index contributed by atoms with van der Waals surface area (Å²) in [5.74, 6) is 0.00582. The summed E-state index contributed by atoms with van der Waals surface area (Å²) >= 11 is 1.35. The molecule has 6 heteroatoms. The minimum absolute atomic E-state index is 0.0389. The molecule has 1 amide bonds. The summed E-state index contributed by atoms with van der Waals surface area (Å²) in [5.41, 5.74) is 3.11. The summed E-state index contributed by atoms with van der Waals surface area (Å²) < 4.78 is 0. The second-order valence-corrected chi connectivity index (χ2v) is 8.10. The fourth-order valence-corrected chi connectivity index (χ4v) is 4.13. The van der Waals surface area contributed by atoms with Crippen molar-refractivity contribution in [2.45, 2.75) is 25.1 Å². The van der Waals surface area contributed by atoms with Gasteiger partial charge in [-0.1, -0.05) is 42.5 Å². The summed E-state index contributed by atoms with van der Waals surface area (Å²) in [4.78, 5) is 25.7. The summed E-state index contributed by atoms with van der Waals surface area (Å²) in [6, 6.07) is 18.1. The highest BCUT2D eigenvalue weighted by atomic mass is 32.2. The Hall–Kier alpha value is -2.31. The van der Waals surface area contributed by atoms with Crippen LogP contribution in [0.5, 0.6) is 0 Å². The van der Waals surface area contributed by atoms with E-state index in [-0.39, 0.29) is 17.6 Å². The maximum atomic E-state index is 12.6. The molecule has 0 spiro atoms. The van der Waals surface area contributed by atoms with Gasteiger partial charge in [-0.25, -0.2) is 0 Å². The lowest BCUT2D eigenvalue weighted by Crippen LogP contribution is -2.37. The van der Waals surface area contributed by atoms with Crippen LogP contribution in [-0.2, 0) is 21.9 Å². The molecule has 5 nitrogen and oxygen atoms in total. The lowest BCUT2D eigenvalue weighted by Gasteiger charge is -2.31. The molecule has 1 heterocycles. The van der Waals surface area contributed by atoms with Crippen molar-refractivity contribution < 1.29 is 14.7 Å². The largest absolute Gasteiger partial charge is 0.481 e. The van der Waals surface area contributed by atoms with Crippen LogP contribution >= 0.6 is 11.8 Å². The molecule has 1 fully saturated rings. The zero-order valence-electron chi connectivity index (χ0n) is 15.8. The summed E-state index contributed by atoms with van der Waals surface area (Å²) in [6.45, 7) is 2.79. The number of anilines is 1. The van der Waals surface area contributed by atoms with E-state index >= 15 is 0 Å². The smallest absolute Gasteiger partial charge is 0.313 e. The molecular weight excluding hydrogens is 372 g/mol. The van der Waals surface area contributed by atoms with Crippen LogP contribution in [-0.4, -0.2) is 40.7 Å². The molecule has 1 saturated heterocycles. The maximum absolute atomic E-state index is 12.6. The van der Waals surface area contributed by atoms with Crippen molar-refractivity contribution in [2.75, 3.05) is 24.2 Å². The number of amides is 1. The number of piperidine rings is 1. The quantitative estimate of drug-likeness (QED) is 0.707. The number of carboxylic acids is 1. The van der Waals surface area contributed by atoms with Gasteiger partial charge in [0.15, 0.2) is 0 Å². The van der Waals surface area contributed by atoms with Gasteiger partial charge in [-0.2, -0.15) is 0 Å². The third kappa shape index (κ3) is 6.39. The molecule has 0 radical (unpaired) electrons. The fourth-order valence-electron chi connectivity index (χ4n) is 3.43. The topological polar surface area (TPSA) is 69.6 Å². The van der Waals surface area contributed by atoms with Crippen molar-refractivity contribution in [3.05, 3.63) is 65.7 Å². The molecule has 0 atom stereocenters. The molecule has 2 aromatic carbocycles. The molecule has 148 valence electrons. The molecule has 3 rings (SSSR count). The molecule has 0 saturated carbocycles. The zero-order chi connectivity index (χ0) is 19.8. The minimum atomic E-state index is -0.812. The van der Waals surface area contributed by atoms with E-state index in [0.717, 1.165) is 43.7 Å². The number of carbonyl (C=O) groups is 2. The van der Waals surface area contributed by atoms with Crippen molar-refractivity contribution in [3.63, 3.8) is 0 Å². The van der Waals surface area contributed by atoms with Crippen LogP contribution in [0.25, 0.3) is 0 Å². The van der Waals surface area contributed by atoms with E-state index in [1.54, 1.807) is 0 Å². The Morgan fingerprint density at radius 2 is 1.75 bits per heavy atom. The van der Waals surface area contributed by atoms with Crippen LogP contribution in [0, 0.1) is 5.92 Å². The van der Waals surface area contributed by atoms with E-state index < -0.39 is 5.97 Å². The van der Waals surface area contributed by atoms with Crippen molar-refractivity contribution in [2.24, 2.45) is 5.92 Å². The van der Waals surface area contributed by atoms with E-state index in [1.165, 1.54) is 17.3 Å². The predicted molar refractivity (Wildman–Crippen MR) is 113 cm³/mol. The fraction of sp³-hybridized carbons (Fsp3) is 0.364. The van der Waals surface area contributed by atoms with Crippen LogP contribution in [0.3, 0.4) is 0 Å². The first kappa shape index (κ1) is 20.4. The Morgan fingerprint density at radius 1 is 1.04 bits per heavy atom. The molecule has 0 aromatic heterocycles. The number of thioether (sulfide) groups is 1. The molecular formula is C22H26N2O3S. The van der Waals surface area contributed by atoms with E-state index in [0.29, 0.717) is 5.75 Å². The van der Waals surface area contributed by atoms with Gasteiger partial charge in [-0.05, 0) is 49.2 Å². The normalized spacial score (nSPS) is 15.3. The monoisotopic (exact) mass is 398 g/mol. The van der Waals surface area contributed by atoms with Crippen molar-refractivity contribution in [3.8, 4) is 0 Å². The number of benzene rings is 2. The Labute approximate surface area is 170 Å². The molecule has 2 N–H and O–H groups in total. The van der Waals surface area contributed by atoms with Gasteiger partial charge in [-0.15, -0.1) is 11.8 Å². The first-order valence-electron chi connectivity index (χ1n) is 9.56. The number of rotatable bonds is 8. The molecule has 2 aromatic rings. The van der Waals surface area contributed by atoms with Crippen molar-refractivity contribution in [1.29, 1.82) is 0 Å². The lowest BCUT2D eigenvalue weighted by atomic mass is 9.95. The Bertz CT molecular complexity index is 789. The SMILES string of the molecule is O=C(O)CSCc1cccc(NC(=O)C2CCN(Cc3ccccc3)CC2)c1. The van der Waals surface area contributed by atoms with Crippen LogP contribution in [0.15, 0.2) is 54.6 Å². The van der Waals surface area contributed by atoms with Crippen LogP contribution in [0.4, 0.5) is 5.69 Å². The summed E-state index contributed by atoms with van der Waals surface area (Å²) in [7, 11) is 0. The van der Waals surface area contributed by atoms with E-state index in [9.17, 15) is 9.59 Å². The predicted octanol–water partition coefficient (Wildman–Crippen LogP) is 3.86. The van der Waals surface area contributed by atoms with E-state index in [4.69, 9.17) is 5.11 Å².